The van der Waals surface area contributed by atoms with Gasteiger partial charge in [-0.15, -0.1) is 0 Å². The molecular formula is C13H13ClN2O6. The number of amides is 1. The fourth-order valence-corrected chi connectivity index (χ4v) is 2.41. The summed E-state index contributed by atoms with van der Waals surface area (Å²) in [6.45, 7) is 0.388. The molecule has 1 unspecified atom stereocenters. The molecule has 8 nitrogen and oxygen atoms in total. The Labute approximate surface area is 130 Å². The first-order chi connectivity index (χ1) is 10.4. The van der Waals surface area contributed by atoms with Gasteiger partial charge in [0, 0.05) is 18.7 Å². The van der Waals surface area contributed by atoms with E-state index in [0.29, 0.717) is 5.56 Å². The average Bonchev–Trinajstić information content (AvgIpc) is 2.48. The molecule has 1 aromatic carbocycles. The number of ether oxygens (including phenoxy) is 1. The normalized spacial score (nSPS) is 18.0. The molecule has 22 heavy (non-hydrogen) atoms. The molecule has 0 aromatic heterocycles. The topological polar surface area (TPSA) is 110 Å². The van der Waals surface area contributed by atoms with Crippen molar-refractivity contribution in [3.63, 3.8) is 0 Å². The fourth-order valence-electron chi connectivity index (χ4n) is 2.16. The molecule has 9 heteroatoms. The Morgan fingerprint density at radius 1 is 1.50 bits per heavy atom. The number of hydrogen-bond acceptors (Lipinski definition) is 5. The summed E-state index contributed by atoms with van der Waals surface area (Å²) in [6.07, 6.45) is -0.124. The van der Waals surface area contributed by atoms with Crippen molar-refractivity contribution in [3.8, 4) is 0 Å². The standard InChI is InChI=1S/C13H13ClN2O6/c14-10-6-9(16(20)21)2-1-8(10)5-12(17)15-3-4-22-7-11(15)13(18)19/h1-2,6,11H,3-5,7H2,(H,18,19). The van der Waals surface area contributed by atoms with Crippen LogP contribution < -0.4 is 0 Å². The van der Waals surface area contributed by atoms with E-state index in [1.54, 1.807) is 0 Å². The number of carboxylic acid groups (broad SMARTS) is 1. The van der Waals surface area contributed by atoms with Gasteiger partial charge in [0.05, 0.1) is 29.6 Å². The van der Waals surface area contributed by atoms with Gasteiger partial charge in [0.25, 0.3) is 5.69 Å². The lowest BCUT2D eigenvalue weighted by molar-refractivity contribution is -0.384. The Kier molecular flexibility index (Phi) is 4.94. The largest absolute Gasteiger partial charge is 0.480 e. The van der Waals surface area contributed by atoms with Gasteiger partial charge < -0.3 is 14.7 Å². The van der Waals surface area contributed by atoms with Crippen LogP contribution in [0, 0.1) is 10.1 Å². The summed E-state index contributed by atoms with van der Waals surface area (Å²) in [5.41, 5.74) is 0.240. The molecule has 1 aliphatic rings. The van der Waals surface area contributed by atoms with Gasteiger partial charge in [-0.3, -0.25) is 14.9 Å². The number of morpholine rings is 1. The maximum absolute atomic E-state index is 12.3. The number of carbonyl (C=O) groups excluding carboxylic acids is 1. The van der Waals surface area contributed by atoms with Crippen molar-refractivity contribution >= 4 is 29.2 Å². The number of halogens is 1. The maximum Gasteiger partial charge on any atom is 0.328 e. The van der Waals surface area contributed by atoms with Crippen LogP contribution in [-0.2, 0) is 20.7 Å². The first kappa shape index (κ1) is 16.2. The molecule has 118 valence electrons. The number of non-ortho nitro benzene ring substituents is 1. The molecule has 0 radical (unpaired) electrons. The van der Waals surface area contributed by atoms with Crippen molar-refractivity contribution in [3.05, 3.63) is 38.9 Å². The summed E-state index contributed by atoms with van der Waals surface area (Å²) in [7, 11) is 0. The molecule has 0 saturated carbocycles. The van der Waals surface area contributed by atoms with Crippen molar-refractivity contribution in [1.29, 1.82) is 0 Å². The third-order valence-electron chi connectivity index (χ3n) is 3.32. The van der Waals surface area contributed by atoms with Gasteiger partial charge in [0.1, 0.15) is 0 Å². The smallest absolute Gasteiger partial charge is 0.328 e. The third-order valence-corrected chi connectivity index (χ3v) is 3.67. The van der Waals surface area contributed by atoms with Crippen LogP contribution >= 0.6 is 11.6 Å². The summed E-state index contributed by atoms with van der Waals surface area (Å²) in [5.74, 6) is -1.55. The van der Waals surface area contributed by atoms with Crippen LogP contribution in [0.3, 0.4) is 0 Å². The number of carbonyl (C=O) groups is 2. The highest BCUT2D eigenvalue weighted by Gasteiger charge is 2.32. The van der Waals surface area contributed by atoms with E-state index in [2.05, 4.69) is 0 Å². The zero-order valence-electron chi connectivity index (χ0n) is 11.4. The van der Waals surface area contributed by atoms with Crippen molar-refractivity contribution in [2.75, 3.05) is 19.8 Å². The first-order valence-electron chi connectivity index (χ1n) is 6.43. The second-order valence-corrected chi connectivity index (χ2v) is 5.13. The Morgan fingerprint density at radius 2 is 2.23 bits per heavy atom. The minimum Gasteiger partial charge on any atom is -0.480 e. The highest BCUT2D eigenvalue weighted by atomic mass is 35.5. The second-order valence-electron chi connectivity index (χ2n) is 4.73. The molecule has 0 aliphatic carbocycles. The van der Waals surface area contributed by atoms with Crippen molar-refractivity contribution in [2.45, 2.75) is 12.5 Å². The van der Waals surface area contributed by atoms with Gasteiger partial charge in [-0.25, -0.2) is 4.79 Å². The maximum atomic E-state index is 12.3. The molecule has 2 rings (SSSR count). The molecule has 1 heterocycles. The molecule has 0 spiro atoms. The van der Waals surface area contributed by atoms with Crippen LogP contribution in [0.25, 0.3) is 0 Å². The van der Waals surface area contributed by atoms with Crippen LogP contribution in [0.2, 0.25) is 5.02 Å². The van der Waals surface area contributed by atoms with Crippen molar-refractivity contribution in [2.24, 2.45) is 0 Å². The van der Waals surface area contributed by atoms with Gasteiger partial charge >= 0.3 is 5.97 Å². The number of aliphatic carboxylic acids is 1. The molecule has 1 amide bonds. The van der Waals surface area contributed by atoms with E-state index in [9.17, 15) is 19.7 Å². The number of benzene rings is 1. The van der Waals surface area contributed by atoms with E-state index in [0.717, 1.165) is 6.07 Å². The van der Waals surface area contributed by atoms with Crippen molar-refractivity contribution < 1.29 is 24.4 Å². The monoisotopic (exact) mass is 328 g/mol. The molecule has 1 atom stereocenters. The van der Waals surface area contributed by atoms with E-state index in [-0.39, 0.29) is 36.9 Å². The molecule has 0 bridgehead atoms. The zero-order valence-corrected chi connectivity index (χ0v) is 12.2. The minimum atomic E-state index is -1.14. The molecule has 1 aliphatic heterocycles. The fraction of sp³-hybridized carbons (Fsp3) is 0.385. The van der Waals surface area contributed by atoms with Gasteiger partial charge in [0.2, 0.25) is 5.91 Å². The number of carboxylic acids is 1. The van der Waals surface area contributed by atoms with Gasteiger partial charge in [-0.1, -0.05) is 17.7 Å². The van der Waals surface area contributed by atoms with Gasteiger partial charge in [0.15, 0.2) is 6.04 Å². The third kappa shape index (κ3) is 3.52. The summed E-state index contributed by atoms with van der Waals surface area (Å²) < 4.78 is 5.06. The minimum absolute atomic E-state index is 0.0604. The first-order valence-corrected chi connectivity index (χ1v) is 6.81. The number of nitro groups is 1. The lowest BCUT2D eigenvalue weighted by Crippen LogP contribution is -2.53. The van der Waals surface area contributed by atoms with E-state index < -0.39 is 22.8 Å². The van der Waals surface area contributed by atoms with Crippen molar-refractivity contribution in [1.82, 2.24) is 4.90 Å². The summed E-state index contributed by atoms with van der Waals surface area (Å²) >= 11 is 5.94. The molecule has 1 saturated heterocycles. The van der Waals surface area contributed by atoms with Crippen LogP contribution in [0.5, 0.6) is 0 Å². The summed E-state index contributed by atoms with van der Waals surface area (Å²) in [4.78, 5) is 34.7. The summed E-state index contributed by atoms with van der Waals surface area (Å²) in [5, 5.41) is 19.8. The zero-order chi connectivity index (χ0) is 16.3. The van der Waals surface area contributed by atoms with Crippen LogP contribution in [0.15, 0.2) is 18.2 Å². The van der Waals surface area contributed by atoms with E-state index in [1.165, 1.54) is 17.0 Å². The quantitative estimate of drug-likeness (QED) is 0.654. The van der Waals surface area contributed by atoms with Gasteiger partial charge in [-0.05, 0) is 5.56 Å². The predicted octanol–water partition coefficient (Wildman–Crippen LogP) is 1.10. The lowest BCUT2D eigenvalue weighted by atomic mass is 10.1. The number of hydrogen-bond donors (Lipinski definition) is 1. The van der Waals surface area contributed by atoms with Gasteiger partial charge in [-0.2, -0.15) is 0 Å². The van der Waals surface area contributed by atoms with Crippen LogP contribution in [0.4, 0.5) is 5.69 Å². The SMILES string of the molecule is O=C(O)C1COCCN1C(=O)Cc1ccc([N+](=O)[O-])cc1Cl. The number of nitrogens with zero attached hydrogens (tertiary/aromatic N) is 2. The van der Waals surface area contributed by atoms with Crippen LogP contribution in [-0.4, -0.2) is 52.6 Å². The Balaban J connectivity index is 2.14. The predicted molar refractivity (Wildman–Crippen MR) is 75.8 cm³/mol. The molecule has 1 fully saturated rings. The van der Waals surface area contributed by atoms with E-state index in [4.69, 9.17) is 21.4 Å². The summed E-state index contributed by atoms with van der Waals surface area (Å²) in [6, 6.07) is 2.79. The highest BCUT2D eigenvalue weighted by molar-refractivity contribution is 6.31. The van der Waals surface area contributed by atoms with E-state index >= 15 is 0 Å². The average molecular weight is 329 g/mol. The second kappa shape index (κ2) is 6.71. The molecular weight excluding hydrogens is 316 g/mol. The Morgan fingerprint density at radius 3 is 2.82 bits per heavy atom. The van der Waals surface area contributed by atoms with Crippen LogP contribution in [0.1, 0.15) is 5.56 Å². The Hall–Kier alpha value is -2.19. The number of rotatable bonds is 4. The Bertz CT molecular complexity index is 621. The highest BCUT2D eigenvalue weighted by Crippen LogP contribution is 2.23. The lowest BCUT2D eigenvalue weighted by Gasteiger charge is -2.33. The molecule has 1 N–H and O–H groups in total. The van der Waals surface area contributed by atoms with E-state index in [1.807, 2.05) is 0 Å². The number of nitro benzene ring substituents is 1. The molecule has 1 aromatic rings.